The van der Waals surface area contributed by atoms with Gasteiger partial charge in [-0.05, 0) is 38.0 Å². The molecular weight excluding hydrogens is 228 g/mol. The number of amides is 1. The molecule has 1 aliphatic carbocycles. The van der Waals surface area contributed by atoms with E-state index in [-0.39, 0.29) is 12.5 Å². The molecule has 0 bridgehead atoms. The monoisotopic (exact) mass is 254 g/mol. The number of likely N-dealkylation sites (tertiary alicyclic amines) is 1. The summed E-state index contributed by atoms with van der Waals surface area (Å²) in [6, 6.07) is 1.16. The largest absolute Gasteiger partial charge is 0.396 e. The van der Waals surface area contributed by atoms with E-state index in [2.05, 4.69) is 5.32 Å². The Kier molecular flexibility index (Phi) is 5.01. The van der Waals surface area contributed by atoms with E-state index >= 15 is 0 Å². The lowest BCUT2D eigenvalue weighted by atomic mass is 9.90. The van der Waals surface area contributed by atoms with Gasteiger partial charge in [0.05, 0.1) is 0 Å². The maximum absolute atomic E-state index is 11.9. The fourth-order valence-corrected chi connectivity index (χ4v) is 2.92. The zero-order valence-electron chi connectivity index (χ0n) is 11.4. The van der Waals surface area contributed by atoms with E-state index in [9.17, 15) is 4.79 Å². The van der Waals surface area contributed by atoms with Gasteiger partial charge in [-0.25, -0.2) is 0 Å². The summed E-state index contributed by atoms with van der Waals surface area (Å²) in [7, 11) is 0. The van der Waals surface area contributed by atoms with Gasteiger partial charge in [-0.3, -0.25) is 4.79 Å². The quantitative estimate of drug-likeness (QED) is 0.747. The van der Waals surface area contributed by atoms with Crippen molar-refractivity contribution >= 4 is 5.91 Å². The average molecular weight is 254 g/mol. The minimum Gasteiger partial charge on any atom is -0.396 e. The van der Waals surface area contributed by atoms with Gasteiger partial charge in [-0.15, -0.1) is 0 Å². The highest BCUT2D eigenvalue weighted by atomic mass is 16.2. The molecule has 1 aliphatic heterocycles. The van der Waals surface area contributed by atoms with Crippen molar-refractivity contribution < 1.29 is 9.90 Å². The van der Waals surface area contributed by atoms with Crippen molar-refractivity contribution in [3.05, 3.63) is 0 Å². The molecule has 104 valence electrons. The van der Waals surface area contributed by atoms with Gasteiger partial charge in [0.1, 0.15) is 0 Å². The first-order chi connectivity index (χ1) is 8.72. The van der Waals surface area contributed by atoms with Gasteiger partial charge in [-0.1, -0.05) is 6.92 Å². The number of rotatable bonds is 6. The minimum absolute atomic E-state index is 0.263. The maximum atomic E-state index is 11.9. The predicted molar refractivity (Wildman–Crippen MR) is 71.2 cm³/mol. The van der Waals surface area contributed by atoms with Gasteiger partial charge in [0, 0.05) is 38.2 Å². The Bertz CT molecular complexity index is 279. The van der Waals surface area contributed by atoms with E-state index in [1.165, 1.54) is 12.8 Å². The first-order valence-corrected chi connectivity index (χ1v) is 7.37. The molecule has 2 fully saturated rings. The summed E-state index contributed by atoms with van der Waals surface area (Å²) in [6.45, 7) is 3.95. The fourth-order valence-electron chi connectivity index (χ4n) is 2.92. The number of aliphatic hydroxyl groups is 1. The molecule has 2 N–H and O–H groups in total. The minimum atomic E-state index is 0.263. The SMILES string of the molecule is CCC(=O)N1CC(CCCO)CC(NC2CC2)C1. The molecule has 2 unspecified atom stereocenters. The zero-order chi connectivity index (χ0) is 13.0. The number of carbonyl (C=O) groups excluding carboxylic acids is 1. The van der Waals surface area contributed by atoms with Crippen LogP contribution in [0.25, 0.3) is 0 Å². The van der Waals surface area contributed by atoms with Crippen LogP contribution in [0, 0.1) is 5.92 Å². The number of hydrogen-bond donors (Lipinski definition) is 2. The van der Waals surface area contributed by atoms with E-state index in [0.29, 0.717) is 24.4 Å². The molecule has 18 heavy (non-hydrogen) atoms. The fraction of sp³-hybridized carbons (Fsp3) is 0.929. The molecule has 4 nitrogen and oxygen atoms in total. The van der Waals surface area contributed by atoms with Crippen molar-refractivity contribution in [2.75, 3.05) is 19.7 Å². The molecule has 0 radical (unpaired) electrons. The third kappa shape index (κ3) is 3.95. The zero-order valence-corrected chi connectivity index (χ0v) is 11.4. The average Bonchev–Trinajstić information content (AvgIpc) is 3.19. The van der Waals surface area contributed by atoms with Crippen molar-refractivity contribution in [2.24, 2.45) is 5.92 Å². The van der Waals surface area contributed by atoms with Gasteiger partial charge < -0.3 is 15.3 Å². The summed E-state index contributed by atoms with van der Waals surface area (Å²) in [5, 5.41) is 12.6. The molecule has 0 aromatic rings. The number of nitrogens with zero attached hydrogens (tertiary/aromatic N) is 1. The number of nitrogens with one attached hydrogen (secondary N) is 1. The molecule has 2 rings (SSSR count). The number of aliphatic hydroxyl groups excluding tert-OH is 1. The third-order valence-electron chi connectivity index (χ3n) is 4.01. The highest BCUT2D eigenvalue weighted by molar-refractivity contribution is 5.76. The smallest absolute Gasteiger partial charge is 0.222 e. The van der Waals surface area contributed by atoms with Crippen LogP contribution in [-0.4, -0.2) is 47.7 Å². The van der Waals surface area contributed by atoms with E-state index in [0.717, 1.165) is 32.4 Å². The summed E-state index contributed by atoms with van der Waals surface area (Å²) in [4.78, 5) is 13.9. The molecule has 2 aliphatic rings. The molecule has 1 saturated heterocycles. The first-order valence-electron chi connectivity index (χ1n) is 7.37. The standard InChI is InChI=1S/C14H26N2O2/c1-2-14(18)16-9-11(4-3-7-17)8-13(10-16)15-12-5-6-12/h11-13,15,17H,2-10H2,1H3. The van der Waals surface area contributed by atoms with Gasteiger partial charge in [0.15, 0.2) is 0 Å². The van der Waals surface area contributed by atoms with Crippen molar-refractivity contribution in [3.8, 4) is 0 Å². The maximum Gasteiger partial charge on any atom is 0.222 e. The molecule has 2 atom stereocenters. The lowest BCUT2D eigenvalue weighted by Crippen LogP contribution is -2.51. The number of piperidine rings is 1. The second kappa shape index (κ2) is 6.53. The van der Waals surface area contributed by atoms with Crippen molar-refractivity contribution in [3.63, 3.8) is 0 Å². The van der Waals surface area contributed by atoms with Gasteiger partial charge in [0.25, 0.3) is 0 Å². The molecular formula is C14H26N2O2. The van der Waals surface area contributed by atoms with E-state index < -0.39 is 0 Å². The van der Waals surface area contributed by atoms with Crippen LogP contribution >= 0.6 is 0 Å². The molecule has 1 heterocycles. The van der Waals surface area contributed by atoms with E-state index in [4.69, 9.17) is 5.11 Å². The Morgan fingerprint density at radius 3 is 2.72 bits per heavy atom. The first kappa shape index (κ1) is 13.8. The lowest BCUT2D eigenvalue weighted by molar-refractivity contribution is -0.133. The summed E-state index contributed by atoms with van der Waals surface area (Å²) in [5.41, 5.74) is 0. The summed E-state index contributed by atoms with van der Waals surface area (Å²) < 4.78 is 0. The third-order valence-corrected chi connectivity index (χ3v) is 4.01. The Hall–Kier alpha value is -0.610. The van der Waals surface area contributed by atoms with E-state index in [1.807, 2.05) is 11.8 Å². The second-order valence-electron chi connectivity index (χ2n) is 5.76. The second-order valence-corrected chi connectivity index (χ2v) is 5.76. The highest BCUT2D eigenvalue weighted by Gasteiger charge is 2.32. The van der Waals surface area contributed by atoms with Gasteiger partial charge >= 0.3 is 0 Å². The lowest BCUT2D eigenvalue weighted by Gasteiger charge is -2.38. The normalized spacial score (nSPS) is 28.4. The van der Waals surface area contributed by atoms with Crippen LogP contribution in [0.4, 0.5) is 0 Å². The van der Waals surface area contributed by atoms with Crippen molar-refractivity contribution in [1.82, 2.24) is 10.2 Å². The van der Waals surface area contributed by atoms with Crippen LogP contribution in [-0.2, 0) is 4.79 Å². The van der Waals surface area contributed by atoms with Crippen LogP contribution in [0.1, 0.15) is 45.4 Å². The van der Waals surface area contributed by atoms with Crippen LogP contribution in [0.2, 0.25) is 0 Å². The van der Waals surface area contributed by atoms with Crippen LogP contribution in [0.3, 0.4) is 0 Å². The topological polar surface area (TPSA) is 52.6 Å². The molecule has 0 spiro atoms. The van der Waals surface area contributed by atoms with E-state index in [1.54, 1.807) is 0 Å². The predicted octanol–water partition coefficient (Wildman–Crippen LogP) is 1.14. The Morgan fingerprint density at radius 2 is 2.11 bits per heavy atom. The molecule has 4 heteroatoms. The molecule has 0 aromatic heterocycles. The molecule has 1 saturated carbocycles. The molecule has 1 amide bonds. The van der Waals surface area contributed by atoms with Crippen molar-refractivity contribution in [2.45, 2.75) is 57.5 Å². The number of carbonyl (C=O) groups is 1. The van der Waals surface area contributed by atoms with Crippen LogP contribution in [0.15, 0.2) is 0 Å². The highest BCUT2D eigenvalue weighted by Crippen LogP contribution is 2.26. The summed E-state index contributed by atoms with van der Waals surface area (Å²) >= 11 is 0. The summed E-state index contributed by atoms with van der Waals surface area (Å²) in [6.07, 6.45) is 6.23. The Morgan fingerprint density at radius 1 is 1.33 bits per heavy atom. The Labute approximate surface area is 110 Å². The van der Waals surface area contributed by atoms with Crippen LogP contribution < -0.4 is 5.32 Å². The van der Waals surface area contributed by atoms with Crippen molar-refractivity contribution in [1.29, 1.82) is 0 Å². The summed E-state index contributed by atoms with van der Waals surface area (Å²) in [5.74, 6) is 0.823. The van der Waals surface area contributed by atoms with Gasteiger partial charge in [0.2, 0.25) is 5.91 Å². The number of hydrogen-bond acceptors (Lipinski definition) is 3. The molecule has 0 aromatic carbocycles. The Balaban J connectivity index is 1.88. The van der Waals surface area contributed by atoms with Crippen LogP contribution in [0.5, 0.6) is 0 Å². The van der Waals surface area contributed by atoms with Gasteiger partial charge in [-0.2, -0.15) is 0 Å².